The molecule has 0 saturated carbocycles. The lowest BCUT2D eigenvalue weighted by atomic mass is 9.86. The van der Waals surface area contributed by atoms with Crippen molar-refractivity contribution >= 4 is 12.6 Å². The van der Waals surface area contributed by atoms with Gasteiger partial charge in [0, 0.05) is 11.3 Å². The van der Waals surface area contributed by atoms with E-state index in [1.54, 1.807) is 7.11 Å². The summed E-state index contributed by atoms with van der Waals surface area (Å²) >= 11 is 4.19. The molecule has 84 valence electrons. The Hall–Kier alpha value is -0.830. The molecule has 0 aliphatic rings. The van der Waals surface area contributed by atoms with Gasteiger partial charge >= 0.3 is 0 Å². The van der Waals surface area contributed by atoms with Crippen LogP contribution in [0.3, 0.4) is 0 Å². The Morgan fingerprint density at radius 2 is 1.93 bits per heavy atom. The maximum atomic E-state index is 9.81. The molecule has 0 aliphatic heterocycles. The van der Waals surface area contributed by atoms with Gasteiger partial charge in [0.2, 0.25) is 0 Å². The number of benzene rings is 1. The second-order valence-corrected chi connectivity index (χ2v) is 4.91. The second-order valence-electron chi connectivity index (χ2n) is 4.59. The highest BCUT2D eigenvalue weighted by molar-refractivity contribution is 7.79. The third-order valence-electron chi connectivity index (χ3n) is 2.41. The quantitative estimate of drug-likeness (QED) is 0.759. The first-order chi connectivity index (χ1) is 6.90. The van der Waals surface area contributed by atoms with Gasteiger partial charge in [-0.25, -0.2) is 0 Å². The number of methoxy groups -OCH3 is 1. The summed E-state index contributed by atoms with van der Waals surface area (Å²) in [5.41, 5.74) is 1.99. The summed E-state index contributed by atoms with van der Waals surface area (Å²) in [4.78, 5) is 0. The maximum Gasteiger partial charge on any atom is 0.161 e. The van der Waals surface area contributed by atoms with Gasteiger partial charge in [-0.2, -0.15) is 12.6 Å². The summed E-state index contributed by atoms with van der Waals surface area (Å²) < 4.78 is 5.14. The Kier molecular flexibility index (Phi) is 3.55. The highest BCUT2D eigenvalue weighted by atomic mass is 32.1. The smallest absolute Gasteiger partial charge is 0.161 e. The SMILES string of the molecule is COc1cc(C(C)(C)C)cc(CS)c1O. The van der Waals surface area contributed by atoms with Crippen LogP contribution in [-0.2, 0) is 11.2 Å². The van der Waals surface area contributed by atoms with E-state index in [1.165, 1.54) is 0 Å². The molecular formula is C12H18O2S. The normalized spacial score (nSPS) is 11.5. The van der Waals surface area contributed by atoms with Crippen molar-refractivity contribution in [1.29, 1.82) is 0 Å². The summed E-state index contributed by atoms with van der Waals surface area (Å²) in [6.07, 6.45) is 0. The Labute approximate surface area is 96.7 Å². The van der Waals surface area contributed by atoms with Gasteiger partial charge in [0.05, 0.1) is 7.11 Å². The topological polar surface area (TPSA) is 29.5 Å². The average Bonchev–Trinajstić information content (AvgIpc) is 2.16. The van der Waals surface area contributed by atoms with Gasteiger partial charge in [-0.3, -0.25) is 0 Å². The zero-order valence-corrected chi connectivity index (χ0v) is 10.6. The van der Waals surface area contributed by atoms with Gasteiger partial charge in [0.1, 0.15) is 0 Å². The zero-order chi connectivity index (χ0) is 11.6. The fourth-order valence-electron chi connectivity index (χ4n) is 1.37. The van der Waals surface area contributed by atoms with E-state index >= 15 is 0 Å². The molecular weight excluding hydrogens is 208 g/mol. The van der Waals surface area contributed by atoms with Gasteiger partial charge in [0.15, 0.2) is 11.5 Å². The predicted octanol–water partition coefficient (Wildman–Crippen LogP) is 3.13. The number of hydrogen-bond donors (Lipinski definition) is 2. The van der Waals surface area contributed by atoms with Gasteiger partial charge in [0.25, 0.3) is 0 Å². The molecule has 0 unspecified atom stereocenters. The van der Waals surface area contributed by atoms with Crippen molar-refractivity contribution in [1.82, 2.24) is 0 Å². The number of rotatable bonds is 2. The van der Waals surface area contributed by atoms with E-state index in [2.05, 4.69) is 33.4 Å². The first kappa shape index (κ1) is 12.2. The molecule has 0 bridgehead atoms. The minimum atomic E-state index is 0.0404. The fraction of sp³-hybridized carbons (Fsp3) is 0.500. The van der Waals surface area contributed by atoms with Crippen molar-refractivity contribution in [3.8, 4) is 11.5 Å². The number of hydrogen-bond acceptors (Lipinski definition) is 3. The number of ether oxygens (including phenoxy) is 1. The van der Waals surface area contributed by atoms with Crippen molar-refractivity contribution < 1.29 is 9.84 Å². The van der Waals surface area contributed by atoms with Crippen molar-refractivity contribution in [2.45, 2.75) is 31.9 Å². The number of phenolic OH excluding ortho intramolecular Hbond substituents is 1. The van der Waals surface area contributed by atoms with Crippen LogP contribution in [0.1, 0.15) is 31.9 Å². The van der Waals surface area contributed by atoms with Crippen molar-refractivity contribution in [2.24, 2.45) is 0 Å². The van der Waals surface area contributed by atoms with Crippen LogP contribution in [0.15, 0.2) is 12.1 Å². The monoisotopic (exact) mass is 226 g/mol. The molecule has 0 atom stereocenters. The lowest BCUT2D eigenvalue weighted by Crippen LogP contribution is -2.11. The molecule has 0 saturated heterocycles. The third kappa shape index (κ3) is 2.59. The van der Waals surface area contributed by atoms with Crippen LogP contribution in [-0.4, -0.2) is 12.2 Å². The standard InChI is InChI=1S/C12H18O2S/c1-12(2,3)9-5-8(7-15)11(13)10(6-9)14-4/h5-6,13,15H,7H2,1-4H3. The van der Waals surface area contributed by atoms with E-state index in [9.17, 15) is 5.11 Å². The van der Waals surface area contributed by atoms with Gasteiger partial charge in [-0.15, -0.1) is 0 Å². The van der Waals surface area contributed by atoms with E-state index in [0.29, 0.717) is 11.5 Å². The van der Waals surface area contributed by atoms with Crippen LogP contribution >= 0.6 is 12.6 Å². The van der Waals surface area contributed by atoms with E-state index in [1.807, 2.05) is 12.1 Å². The van der Waals surface area contributed by atoms with E-state index in [4.69, 9.17) is 4.74 Å². The van der Waals surface area contributed by atoms with E-state index < -0.39 is 0 Å². The number of thiol groups is 1. The zero-order valence-electron chi connectivity index (χ0n) is 9.66. The Bertz CT molecular complexity index is 328. The van der Waals surface area contributed by atoms with E-state index in [-0.39, 0.29) is 11.2 Å². The Balaban J connectivity index is 3.33. The Morgan fingerprint density at radius 1 is 1.33 bits per heavy atom. The van der Waals surface area contributed by atoms with Gasteiger partial charge < -0.3 is 9.84 Å². The highest BCUT2D eigenvalue weighted by Crippen LogP contribution is 2.36. The molecule has 1 N–H and O–H groups in total. The summed E-state index contributed by atoms with van der Waals surface area (Å²) in [6, 6.07) is 3.85. The summed E-state index contributed by atoms with van der Waals surface area (Å²) in [7, 11) is 1.56. The number of phenols is 1. The summed E-state index contributed by atoms with van der Waals surface area (Å²) in [5, 5.41) is 9.81. The molecule has 0 aromatic heterocycles. The lowest BCUT2D eigenvalue weighted by molar-refractivity contribution is 0.369. The highest BCUT2D eigenvalue weighted by Gasteiger charge is 2.18. The van der Waals surface area contributed by atoms with Crippen molar-refractivity contribution in [2.75, 3.05) is 7.11 Å². The molecule has 3 heteroatoms. The van der Waals surface area contributed by atoms with Crippen LogP contribution in [0.4, 0.5) is 0 Å². The minimum absolute atomic E-state index is 0.0404. The molecule has 1 aromatic carbocycles. The molecule has 0 amide bonds. The second kappa shape index (κ2) is 4.35. The molecule has 0 heterocycles. The molecule has 0 fully saturated rings. The van der Waals surface area contributed by atoms with E-state index in [0.717, 1.165) is 11.1 Å². The molecule has 15 heavy (non-hydrogen) atoms. The molecule has 0 spiro atoms. The predicted molar refractivity (Wildman–Crippen MR) is 66.0 cm³/mol. The summed E-state index contributed by atoms with van der Waals surface area (Å²) in [6.45, 7) is 6.38. The average molecular weight is 226 g/mol. The largest absolute Gasteiger partial charge is 0.504 e. The van der Waals surface area contributed by atoms with Crippen LogP contribution in [0.5, 0.6) is 11.5 Å². The molecule has 0 aliphatic carbocycles. The summed E-state index contributed by atoms with van der Waals surface area (Å²) in [5.74, 6) is 1.22. The van der Waals surface area contributed by atoms with Crippen LogP contribution in [0.25, 0.3) is 0 Å². The number of aromatic hydroxyl groups is 1. The molecule has 1 aromatic rings. The Morgan fingerprint density at radius 3 is 2.33 bits per heavy atom. The van der Waals surface area contributed by atoms with Crippen LogP contribution in [0, 0.1) is 0 Å². The van der Waals surface area contributed by atoms with Crippen LogP contribution in [0.2, 0.25) is 0 Å². The fourth-order valence-corrected chi connectivity index (χ4v) is 1.62. The van der Waals surface area contributed by atoms with Crippen LogP contribution < -0.4 is 4.74 Å². The minimum Gasteiger partial charge on any atom is -0.504 e. The van der Waals surface area contributed by atoms with Crippen molar-refractivity contribution in [3.05, 3.63) is 23.3 Å². The van der Waals surface area contributed by atoms with Gasteiger partial charge in [-0.05, 0) is 17.0 Å². The first-order valence-corrected chi connectivity index (χ1v) is 5.54. The molecule has 1 rings (SSSR count). The lowest BCUT2D eigenvalue weighted by Gasteiger charge is -2.21. The third-order valence-corrected chi connectivity index (χ3v) is 2.75. The molecule has 0 radical (unpaired) electrons. The van der Waals surface area contributed by atoms with Crippen molar-refractivity contribution in [3.63, 3.8) is 0 Å². The molecule has 2 nitrogen and oxygen atoms in total. The maximum absolute atomic E-state index is 9.81. The first-order valence-electron chi connectivity index (χ1n) is 4.91. The van der Waals surface area contributed by atoms with Gasteiger partial charge in [-0.1, -0.05) is 26.8 Å².